The van der Waals surface area contributed by atoms with Gasteiger partial charge in [0.15, 0.2) is 0 Å². The van der Waals surface area contributed by atoms with Gasteiger partial charge in [0, 0.05) is 25.6 Å². The summed E-state index contributed by atoms with van der Waals surface area (Å²) in [6.45, 7) is 6.65. The van der Waals surface area contributed by atoms with Gasteiger partial charge in [-0.15, -0.1) is 12.4 Å². The fourth-order valence-electron chi connectivity index (χ4n) is 2.10. The van der Waals surface area contributed by atoms with Crippen LogP contribution in [0.5, 0.6) is 0 Å². The number of nitrogens with one attached hydrogen (secondary N) is 2. The molecule has 0 bridgehead atoms. The first-order valence-corrected chi connectivity index (χ1v) is 6.84. The summed E-state index contributed by atoms with van der Waals surface area (Å²) in [5, 5.41) is 6.22. The van der Waals surface area contributed by atoms with Crippen LogP contribution in [0.3, 0.4) is 0 Å². The Bertz CT molecular complexity index is 221. The van der Waals surface area contributed by atoms with E-state index in [1.807, 2.05) is 0 Å². The third-order valence-corrected chi connectivity index (χ3v) is 3.13. The van der Waals surface area contributed by atoms with Gasteiger partial charge in [0.05, 0.1) is 6.10 Å². The minimum atomic E-state index is 0. The Kier molecular flexibility index (Phi) is 10.4. The van der Waals surface area contributed by atoms with Gasteiger partial charge < -0.3 is 15.4 Å². The van der Waals surface area contributed by atoms with Gasteiger partial charge in [0.25, 0.3) is 0 Å². The fourth-order valence-corrected chi connectivity index (χ4v) is 2.10. The number of hydrogen-bond acceptors (Lipinski definition) is 3. The minimum absolute atomic E-state index is 0. The van der Waals surface area contributed by atoms with E-state index in [9.17, 15) is 4.79 Å². The minimum Gasteiger partial charge on any atom is -0.378 e. The van der Waals surface area contributed by atoms with Crippen molar-refractivity contribution in [1.82, 2.24) is 10.6 Å². The zero-order valence-electron chi connectivity index (χ0n) is 11.5. The van der Waals surface area contributed by atoms with Crippen LogP contribution < -0.4 is 10.6 Å². The van der Waals surface area contributed by atoms with Crippen molar-refractivity contribution in [3.05, 3.63) is 0 Å². The zero-order valence-corrected chi connectivity index (χ0v) is 12.4. The number of hydrogen-bond donors (Lipinski definition) is 2. The number of ether oxygens (including phenoxy) is 1. The van der Waals surface area contributed by atoms with Gasteiger partial charge in [-0.25, -0.2) is 0 Å². The van der Waals surface area contributed by atoms with E-state index < -0.39 is 0 Å². The predicted molar refractivity (Wildman–Crippen MR) is 76.2 cm³/mol. The summed E-state index contributed by atoms with van der Waals surface area (Å²) in [6, 6.07) is 0.342. The maximum atomic E-state index is 11.6. The molecular formula is C13H27ClN2O2. The van der Waals surface area contributed by atoms with Crippen molar-refractivity contribution in [1.29, 1.82) is 0 Å². The molecule has 4 nitrogen and oxygen atoms in total. The molecule has 1 rings (SSSR count). The number of rotatable bonds is 7. The Morgan fingerprint density at radius 2 is 2.22 bits per heavy atom. The molecule has 0 aromatic heterocycles. The van der Waals surface area contributed by atoms with Gasteiger partial charge >= 0.3 is 0 Å². The van der Waals surface area contributed by atoms with E-state index in [1.54, 1.807) is 0 Å². The number of amides is 1. The Morgan fingerprint density at radius 3 is 2.83 bits per heavy atom. The molecule has 1 aliphatic rings. The lowest BCUT2D eigenvalue weighted by molar-refractivity contribution is -0.122. The van der Waals surface area contributed by atoms with Crippen molar-refractivity contribution in [3.8, 4) is 0 Å². The molecule has 1 amide bonds. The van der Waals surface area contributed by atoms with Crippen molar-refractivity contribution < 1.29 is 9.53 Å². The third kappa shape index (κ3) is 7.90. The molecule has 2 atom stereocenters. The lowest BCUT2D eigenvalue weighted by atomic mass is 10.0. The van der Waals surface area contributed by atoms with Crippen LogP contribution in [-0.2, 0) is 9.53 Å². The molecular weight excluding hydrogens is 252 g/mol. The summed E-state index contributed by atoms with van der Waals surface area (Å²) in [7, 11) is 0. The molecule has 1 aliphatic heterocycles. The van der Waals surface area contributed by atoms with Crippen LogP contribution in [0.2, 0.25) is 0 Å². The number of halogens is 1. The maximum Gasteiger partial charge on any atom is 0.220 e. The molecule has 0 radical (unpaired) electrons. The molecule has 0 saturated carbocycles. The molecule has 5 heteroatoms. The standard InChI is InChI=1S/C13H26N2O2.ClH/c1-3-14-11(2)10-15-13(16)8-7-12-6-4-5-9-17-12;/h11-12,14H,3-10H2,1-2H3,(H,15,16);1H/t11-,12?;/m1./s1. The lowest BCUT2D eigenvalue weighted by Crippen LogP contribution is -2.39. The van der Waals surface area contributed by atoms with Crippen molar-refractivity contribution in [3.63, 3.8) is 0 Å². The Labute approximate surface area is 117 Å². The van der Waals surface area contributed by atoms with Crippen LogP contribution in [0.15, 0.2) is 0 Å². The number of likely N-dealkylation sites (N-methyl/N-ethyl adjacent to an activating group) is 1. The van der Waals surface area contributed by atoms with E-state index in [1.165, 1.54) is 12.8 Å². The second kappa shape index (κ2) is 10.6. The summed E-state index contributed by atoms with van der Waals surface area (Å²) in [4.78, 5) is 11.6. The average Bonchev–Trinajstić information content (AvgIpc) is 2.35. The molecule has 1 unspecified atom stereocenters. The number of carbonyl (C=O) groups is 1. The van der Waals surface area contributed by atoms with Crippen LogP contribution in [0.1, 0.15) is 46.0 Å². The highest BCUT2D eigenvalue weighted by atomic mass is 35.5. The van der Waals surface area contributed by atoms with Gasteiger partial charge in [0.1, 0.15) is 0 Å². The summed E-state index contributed by atoms with van der Waals surface area (Å²) >= 11 is 0. The summed E-state index contributed by atoms with van der Waals surface area (Å²) in [5.41, 5.74) is 0. The highest BCUT2D eigenvalue weighted by Crippen LogP contribution is 2.16. The van der Waals surface area contributed by atoms with Gasteiger partial charge in [0.2, 0.25) is 5.91 Å². The van der Waals surface area contributed by atoms with Crippen LogP contribution in [0.4, 0.5) is 0 Å². The van der Waals surface area contributed by atoms with Gasteiger partial charge in [-0.05, 0) is 39.2 Å². The van der Waals surface area contributed by atoms with Crippen molar-refractivity contribution in [2.45, 2.75) is 58.1 Å². The van der Waals surface area contributed by atoms with Crippen LogP contribution >= 0.6 is 12.4 Å². The second-order valence-corrected chi connectivity index (χ2v) is 4.79. The van der Waals surface area contributed by atoms with Crippen LogP contribution in [0, 0.1) is 0 Å². The highest BCUT2D eigenvalue weighted by Gasteiger charge is 2.15. The van der Waals surface area contributed by atoms with E-state index >= 15 is 0 Å². The summed E-state index contributed by atoms with van der Waals surface area (Å²) < 4.78 is 5.60. The van der Waals surface area contributed by atoms with Crippen molar-refractivity contribution >= 4 is 18.3 Å². The average molecular weight is 279 g/mol. The first kappa shape index (κ1) is 17.7. The molecule has 108 valence electrons. The highest BCUT2D eigenvalue weighted by molar-refractivity contribution is 5.85. The normalized spacial score (nSPS) is 20.9. The summed E-state index contributed by atoms with van der Waals surface area (Å²) in [5.74, 6) is 0.143. The van der Waals surface area contributed by atoms with Gasteiger partial charge in [-0.2, -0.15) is 0 Å². The quantitative estimate of drug-likeness (QED) is 0.748. The fraction of sp³-hybridized carbons (Fsp3) is 0.923. The van der Waals surface area contributed by atoms with E-state index in [0.29, 0.717) is 25.1 Å². The zero-order chi connectivity index (χ0) is 12.5. The Balaban J connectivity index is 0.00000289. The Hall–Kier alpha value is -0.320. The molecule has 0 aromatic carbocycles. The van der Waals surface area contributed by atoms with E-state index in [-0.39, 0.29) is 18.3 Å². The topological polar surface area (TPSA) is 50.4 Å². The molecule has 2 N–H and O–H groups in total. The molecule has 0 spiro atoms. The van der Waals surface area contributed by atoms with Gasteiger partial charge in [-0.3, -0.25) is 4.79 Å². The van der Waals surface area contributed by atoms with Gasteiger partial charge in [-0.1, -0.05) is 6.92 Å². The van der Waals surface area contributed by atoms with E-state index in [4.69, 9.17) is 4.74 Å². The van der Waals surface area contributed by atoms with Crippen molar-refractivity contribution in [2.75, 3.05) is 19.7 Å². The Morgan fingerprint density at radius 1 is 1.44 bits per heavy atom. The SMILES string of the molecule is CCN[C@H](C)CNC(=O)CCC1CCCCO1.Cl. The largest absolute Gasteiger partial charge is 0.378 e. The third-order valence-electron chi connectivity index (χ3n) is 3.13. The lowest BCUT2D eigenvalue weighted by Gasteiger charge is -2.22. The second-order valence-electron chi connectivity index (χ2n) is 4.79. The molecule has 1 saturated heterocycles. The van der Waals surface area contributed by atoms with E-state index in [0.717, 1.165) is 26.0 Å². The first-order valence-electron chi connectivity index (χ1n) is 6.84. The maximum absolute atomic E-state index is 11.6. The summed E-state index contributed by atoms with van der Waals surface area (Å²) in [6.07, 6.45) is 5.28. The molecule has 0 aliphatic carbocycles. The molecule has 1 fully saturated rings. The molecule has 1 heterocycles. The smallest absolute Gasteiger partial charge is 0.220 e. The number of carbonyl (C=O) groups excluding carboxylic acids is 1. The monoisotopic (exact) mass is 278 g/mol. The van der Waals surface area contributed by atoms with Crippen LogP contribution in [-0.4, -0.2) is 37.7 Å². The van der Waals surface area contributed by atoms with Crippen LogP contribution in [0.25, 0.3) is 0 Å². The van der Waals surface area contributed by atoms with Crippen molar-refractivity contribution in [2.24, 2.45) is 0 Å². The molecule has 18 heavy (non-hydrogen) atoms. The van der Waals surface area contributed by atoms with E-state index in [2.05, 4.69) is 24.5 Å². The predicted octanol–water partition coefficient (Wildman–Crippen LogP) is 1.87. The molecule has 0 aromatic rings. The first-order chi connectivity index (χ1) is 8.22.